The van der Waals surface area contributed by atoms with Gasteiger partial charge in [-0.3, -0.25) is 4.79 Å². The normalized spacial score (nSPS) is 10.5. The van der Waals surface area contributed by atoms with Crippen molar-refractivity contribution in [3.8, 4) is 5.75 Å². The molecule has 1 heterocycles. The van der Waals surface area contributed by atoms with Crippen molar-refractivity contribution in [2.75, 3.05) is 7.11 Å². The lowest BCUT2D eigenvalue weighted by molar-refractivity contribution is 0.415. The molecule has 2 rings (SSSR count). The Morgan fingerprint density at radius 1 is 1.33 bits per heavy atom. The van der Waals surface area contributed by atoms with Crippen LogP contribution in [0.15, 0.2) is 29.1 Å². The van der Waals surface area contributed by atoms with Crippen molar-refractivity contribution >= 4 is 21.4 Å². The van der Waals surface area contributed by atoms with E-state index < -0.39 is 0 Å². The van der Waals surface area contributed by atoms with Crippen molar-refractivity contribution in [3.05, 3.63) is 39.4 Å². The van der Waals surface area contributed by atoms with Gasteiger partial charge in [-0.1, -0.05) is 6.92 Å². The van der Waals surface area contributed by atoms with E-state index in [0.717, 1.165) is 27.1 Å². The first kappa shape index (κ1) is 10.2. The maximum Gasteiger partial charge on any atom is 0.188 e. The minimum atomic E-state index is 0.100. The molecule has 0 fully saturated rings. The van der Waals surface area contributed by atoms with E-state index in [0.29, 0.717) is 0 Å². The smallest absolute Gasteiger partial charge is 0.188 e. The Kier molecular flexibility index (Phi) is 2.73. The van der Waals surface area contributed by atoms with E-state index in [9.17, 15) is 4.79 Å². The van der Waals surface area contributed by atoms with Crippen LogP contribution in [0.2, 0.25) is 0 Å². The zero-order valence-corrected chi connectivity index (χ0v) is 9.56. The van der Waals surface area contributed by atoms with E-state index in [1.54, 1.807) is 24.5 Å². The summed E-state index contributed by atoms with van der Waals surface area (Å²) in [7, 11) is 1.63. The molecular weight excluding hydrogens is 208 g/mol. The largest absolute Gasteiger partial charge is 0.497 e. The van der Waals surface area contributed by atoms with Gasteiger partial charge in [0.2, 0.25) is 0 Å². The number of rotatable bonds is 2. The second-order valence-electron chi connectivity index (χ2n) is 3.29. The average molecular weight is 220 g/mol. The Balaban J connectivity index is 2.75. The van der Waals surface area contributed by atoms with Gasteiger partial charge in [0.1, 0.15) is 5.75 Å². The van der Waals surface area contributed by atoms with Crippen LogP contribution in [-0.4, -0.2) is 7.11 Å². The van der Waals surface area contributed by atoms with Crippen LogP contribution in [0, 0.1) is 0 Å². The van der Waals surface area contributed by atoms with Gasteiger partial charge in [0.05, 0.1) is 7.11 Å². The molecule has 0 unspecified atom stereocenters. The fraction of sp³-hybridized carbons (Fsp3) is 0.250. The number of hydrogen-bond donors (Lipinski definition) is 0. The summed E-state index contributed by atoms with van der Waals surface area (Å²) < 4.78 is 6.14. The Hall–Kier alpha value is -1.35. The second-order valence-corrected chi connectivity index (χ2v) is 4.46. The third-order valence-corrected chi connectivity index (χ3v) is 3.56. The van der Waals surface area contributed by atoms with E-state index in [-0.39, 0.29) is 5.43 Å². The first-order valence-electron chi connectivity index (χ1n) is 4.85. The number of methoxy groups -OCH3 is 1. The van der Waals surface area contributed by atoms with Gasteiger partial charge in [-0.15, -0.1) is 11.3 Å². The number of hydrogen-bond acceptors (Lipinski definition) is 3. The van der Waals surface area contributed by atoms with Crippen LogP contribution < -0.4 is 10.2 Å². The molecule has 1 aromatic heterocycles. The maximum absolute atomic E-state index is 11.7. The van der Waals surface area contributed by atoms with Gasteiger partial charge in [-0.05, 0) is 30.7 Å². The van der Waals surface area contributed by atoms with Crippen LogP contribution in [0.25, 0.3) is 10.1 Å². The van der Waals surface area contributed by atoms with Gasteiger partial charge in [0.25, 0.3) is 0 Å². The predicted octanol–water partition coefficient (Wildman–Crippen LogP) is 2.83. The Bertz CT molecular complexity index is 538. The van der Waals surface area contributed by atoms with Gasteiger partial charge < -0.3 is 4.74 Å². The molecule has 0 amide bonds. The standard InChI is InChI=1S/C12H12O2S/c1-3-9-7-11(13)10-5-4-8(14-2)6-12(10)15-9/h4-7H,3H2,1-2H3. The van der Waals surface area contributed by atoms with Crippen molar-refractivity contribution in [2.24, 2.45) is 0 Å². The lowest BCUT2D eigenvalue weighted by Crippen LogP contribution is -1.99. The van der Waals surface area contributed by atoms with Gasteiger partial charge in [0.15, 0.2) is 5.43 Å². The maximum atomic E-state index is 11.7. The van der Waals surface area contributed by atoms with Crippen LogP contribution in [0.4, 0.5) is 0 Å². The van der Waals surface area contributed by atoms with Crippen molar-refractivity contribution in [3.63, 3.8) is 0 Å². The highest BCUT2D eigenvalue weighted by Crippen LogP contribution is 2.23. The molecular formula is C12H12O2S. The van der Waals surface area contributed by atoms with E-state index in [1.807, 2.05) is 18.2 Å². The third-order valence-electron chi connectivity index (χ3n) is 2.34. The van der Waals surface area contributed by atoms with Gasteiger partial charge in [-0.2, -0.15) is 0 Å². The molecule has 0 aliphatic carbocycles. The van der Waals surface area contributed by atoms with Crippen LogP contribution in [-0.2, 0) is 6.42 Å². The Morgan fingerprint density at radius 2 is 2.13 bits per heavy atom. The van der Waals surface area contributed by atoms with Gasteiger partial charge in [-0.25, -0.2) is 0 Å². The van der Waals surface area contributed by atoms with E-state index >= 15 is 0 Å². The fourth-order valence-corrected chi connectivity index (χ4v) is 2.53. The monoisotopic (exact) mass is 220 g/mol. The quantitative estimate of drug-likeness (QED) is 0.778. The predicted molar refractivity (Wildman–Crippen MR) is 64.0 cm³/mol. The first-order chi connectivity index (χ1) is 7.24. The highest BCUT2D eigenvalue weighted by molar-refractivity contribution is 7.18. The minimum Gasteiger partial charge on any atom is -0.497 e. The Morgan fingerprint density at radius 3 is 2.80 bits per heavy atom. The van der Waals surface area contributed by atoms with Gasteiger partial charge in [0, 0.05) is 15.0 Å². The van der Waals surface area contributed by atoms with Crippen molar-refractivity contribution < 1.29 is 4.74 Å². The molecule has 0 aliphatic rings. The van der Waals surface area contributed by atoms with Crippen LogP contribution in [0.3, 0.4) is 0 Å². The highest BCUT2D eigenvalue weighted by Gasteiger charge is 2.03. The van der Waals surface area contributed by atoms with Gasteiger partial charge >= 0.3 is 0 Å². The summed E-state index contributed by atoms with van der Waals surface area (Å²) in [5, 5.41) is 0.776. The molecule has 0 saturated heterocycles. The molecule has 0 spiro atoms. The summed E-state index contributed by atoms with van der Waals surface area (Å²) in [6.07, 6.45) is 0.896. The molecule has 15 heavy (non-hydrogen) atoms. The van der Waals surface area contributed by atoms with Crippen LogP contribution in [0.1, 0.15) is 11.8 Å². The zero-order chi connectivity index (χ0) is 10.8. The lowest BCUT2D eigenvalue weighted by atomic mass is 10.2. The zero-order valence-electron chi connectivity index (χ0n) is 8.74. The SMILES string of the molecule is CCc1cc(=O)c2ccc(OC)cc2s1. The summed E-state index contributed by atoms with van der Waals surface area (Å²) in [6, 6.07) is 7.29. The molecule has 0 atom stereocenters. The second kappa shape index (κ2) is 4.03. The Labute approximate surface area is 92.1 Å². The fourth-order valence-electron chi connectivity index (χ4n) is 1.49. The van der Waals surface area contributed by atoms with E-state index in [2.05, 4.69) is 6.92 Å². The topological polar surface area (TPSA) is 26.3 Å². The third kappa shape index (κ3) is 1.88. The lowest BCUT2D eigenvalue weighted by Gasteiger charge is -2.02. The first-order valence-corrected chi connectivity index (χ1v) is 5.67. The number of ether oxygens (including phenoxy) is 1. The number of fused-ring (bicyclic) bond motifs is 1. The summed E-state index contributed by atoms with van der Waals surface area (Å²) in [5.41, 5.74) is 0.100. The molecule has 0 N–H and O–H groups in total. The summed E-state index contributed by atoms with van der Waals surface area (Å²) in [4.78, 5) is 12.8. The molecule has 3 heteroatoms. The number of benzene rings is 1. The molecule has 0 bridgehead atoms. The summed E-state index contributed by atoms with van der Waals surface area (Å²) in [6.45, 7) is 2.05. The number of aryl methyl sites for hydroxylation is 1. The van der Waals surface area contributed by atoms with Crippen LogP contribution >= 0.6 is 11.3 Å². The molecule has 2 aromatic rings. The van der Waals surface area contributed by atoms with Crippen molar-refractivity contribution in [1.82, 2.24) is 0 Å². The molecule has 1 aromatic carbocycles. The summed E-state index contributed by atoms with van der Waals surface area (Å²) in [5.74, 6) is 0.798. The van der Waals surface area contributed by atoms with E-state index in [4.69, 9.17) is 4.74 Å². The minimum absolute atomic E-state index is 0.100. The summed E-state index contributed by atoms with van der Waals surface area (Å²) >= 11 is 1.65. The molecule has 78 valence electrons. The molecule has 2 nitrogen and oxygen atoms in total. The average Bonchev–Trinajstić information content (AvgIpc) is 2.28. The van der Waals surface area contributed by atoms with Crippen molar-refractivity contribution in [1.29, 1.82) is 0 Å². The molecule has 0 aliphatic heterocycles. The van der Waals surface area contributed by atoms with Crippen molar-refractivity contribution in [2.45, 2.75) is 13.3 Å². The molecule has 0 radical (unpaired) electrons. The van der Waals surface area contributed by atoms with Crippen LogP contribution in [0.5, 0.6) is 5.75 Å². The van der Waals surface area contributed by atoms with E-state index in [1.165, 1.54) is 0 Å². The highest BCUT2D eigenvalue weighted by atomic mass is 32.1. The molecule has 0 saturated carbocycles.